The number of carbonyl (C=O) groups is 1. The van der Waals surface area contributed by atoms with E-state index in [-0.39, 0.29) is 26.8 Å². The molecule has 1 heterocycles. The first-order valence-electron chi connectivity index (χ1n) is 10.7. The Balaban J connectivity index is 0.00000225. The Labute approximate surface area is 184 Å². The van der Waals surface area contributed by atoms with Gasteiger partial charge in [0, 0.05) is 19.1 Å². The predicted molar refractivity (Wildman–Crippen MR) is 122 cm³/mol. The maximum Gasteiger partial charge on any atom is 0.243 e. The highest BCUT2D eigenvalue weighted by Gasteiger charge is 2.35. The number of aryl methyl sites for hydroxylation is 1. The van der Waals surface area contributed by atoms with Crippen LogP contribution in [0.4, 0.5) is 0 Å². The Morgan fingerprint density at radius 3 is 2.40 bits per heavy atom. The van der Waals surface area contributed by atoms with Crippen molar-refractivity contribution >= 4 is 15.9 Å². The van der Waals surface area contributed by atoms with E-state index in [4.69, 9.17) is 0 Å². The highest BCUT2D eigenvalue weighted by Crippen LogP contribution is 2.28. The first-order valence-corrected chi connectivity index (χ1v) is 12.1. The second-order valence-corrected chi connectivity index (χ2v) is 10.0. The molecule has 3 rings (SSSR count). The summed E-state index contributed by atoms with van der Waals surface area (Å²) in [4.78, 5) is 12.9. The van der Waals surface area contributed by atoms with Crippen LogP contribution in [0.15, 0.2) is 29.2 Å². The molecule has 1 saturated carbocycles. The third kappa shape index (κ3) is 6.81. The van der Waals surface area contributed by atoms with Gasteiger partial charge in [-0.05, 0) is 56.7 Å². The fourth-order valence-corrected chi connectivity index (χ4v) is 6.19. The first kappa shape index (κ1) is 26.6. The molecule has 5 nitrogen and oxygen atoms in total. The summed E-state index contributed by atoms with van der Waals surface area (Å²) < 4.78 is 27.7. The molecule has 0 spiro atoms. The van der Waals surface area contributed by atoms with Crippen molar-refractivity contribution in [2.24, 2.45) is 0 Å². The fourth-order valence-electron chi connectivity index (χ4n) is 4.36. The van der Waals surface area contributed by atoms with Crippen LogP contribution in [-0.2, 0) is 14.8 Å². The summed E-state index contributed by atoms with van der Waals surface area (Å²) in [7, 11) is -3.47. The van der Waals surface area contributed by atoms with Gasteiger partial charge in [-0.1, -0.05) is 59.1 Å². The van der Waals surface area contributed by atoms with Crippen LogP contribution in [0.5, 0.6) is 0 Å². The van der Waals surface area contributed by atoms with Crippen molar-refractivity contribution in [3.63, 3.8) is 0 Å². The predicted octanol–water partition coefficient (Wildman–Crippen LogP) is 4.63. The van der Waals surface area contributed by atoms with Crippen LogP contribution < -0.4 is 5.32 Å². The quantitative estimate of drug-likeness (QED) is 0.711. The Kier molecular flexibility index (Phi) is 11.1. The van der Waals surface area contributed by atoms with Crippen molar-refractivity contribution in [2.75, 3.05) is 13.1 Å². The molecule has 2 fully saturated rings. The molecule has 1 saturated heterocycles. The van der Waals surface area contributed by atoms with Crippen molar-refractivity contribution in [3.8, 4) is 0 Å². The molecule has 1 amide bonds. The Hall–Kier alpha value is -1.40. The average Bonchev–Trinajstić information content (AvgIpc) is 3.10. The smallest absolute Gasteiger partial charge is 0.243 e. The molecule has 0 aromatic heterocycles. The lowest BCUT2D eigenvalue weighted by molar-refractivity contribution is -0.119. The lowest BCUT2D eigenvalue weighted by atomic mass is 9.90. The Morgan fingerprint density at radius 1 is 1.07 bits per heavy atom. The molecule has 6 heteroatoms. The molecule has 1 aliphatic heterocycles. The maximum absolute atomic E-state index is 13.0. The first-order chi connectivity index (χ1) is 13.5. The Bertz CT molecular complexity index is 755. The van der Waals surface area contributed by atoms with Crippen LogP contribution in [0.25, 0.3) is 0 Å². The SMILES string of the molecule is Cc1cccc(S(=O)(=O)N2CCCC2CCNC(=O)[C]2CCCCCCC2)c1.[CH2].[CH2]. The maximum atomic E-state index is 13.0. The molecule has 5 radical (unpaired) electrons. The summed E-state index contributed by atoms with van der Waals surface area (Å²) in [6.07, 6.45) is 10.1. The van der Waals surface area contributed by atoms with Crippen LogP contribution in [0.1, 0.15) is 69.8 Å². The summed E-state index contributed by atoms with van der Waals surface area (Å²) in [5, 5.41) is 3.05. The van der Waals surface area contributed by atoms with Gasteiger partial charge >= 0.3 is 0 Å². The average molecular weight is 434 g/mol. The molecule has 0 bridgehead atoms. The normalized spacial score (nSPS) is 21.0. The number of amides is 1. The molecular formula is C24H37N2O3S. The highest BCUT2D eigenvalue weighted by atomic mass is 32.2. The van der Waals surface area contributed by atoms with E-state index < -0.39 is 10.0 Å². The van der Waals surface area contributed by atoms with E-state index in [9.17, 15) is 13.2 Å². The minimum atomic E-state index is -3.47. The minimum Gasteiger partial charge on any atom is -0.356 e. The standard InChI is InChI=1S/C22H33N2O3S.2CH2/c1-18-9-7-13-21(17-18)28(26,27)24-16-8-12-20(24)14-15-23-22(25)19-10-5-3-2-4-6-11-19;;/h7,9,13,17,20H,2-6,8,10-12,14-16H2,1H3,(H,23,25);2*1H2. The Morgan fingerprint density at radius 2 is 1.73 bits per heavy atom. The summed E-state index contributed by atoms with van der Waals surface area (Å²) in [6.45, 7) is 3.00. The number of nitrogens with zero attached hydrogens (tertiary/aromatic N) is 1. The van der Waals surface area contributed by atoms with E-state index in [1.54, 1.807) is 22.5 Å². The number of benzene rings is 1. The van der Waals surface area contributed by atoms with Crippen molar-refractivity contribution < 1.29 is 13.2 Å². The zero-order valence-corrected chi connectivity index (χ0v) is 19.2. The summed E-state index contributed by atoms with van der Waals surface area (Å²) in [6, 6.07) is 7.07. The third-order valence-electron chi connectivity index (χ3n) is 5.96. The number of hydrogen-bond donors (Lipinski definition) is 1. The van der Waals surface area contributed by atoms with Gasteiger partial charge in [0.15, 0.2) is 0 Å². The van der Waals surface area contributed by atoms with E-state index in [0.717, 1.165) is 50.0 Å². The summed E-state index contributed by atoms with van der Waals surface area (Å²) in [5.74, 6) is 1.10. The van der Waals surface area contributed by atoms with Gasteiger partial charge in [0.2, 0.25) is 15.9 Å². The second kappa shape index (κ2) is 12.5. The molecule has 1 aromatic rings. The fraction of sp³-hybridized carbons (Fsp3) is 0.583. The molecule has 2 aliphatic rings. The molecule has 1 N–H and O–H groups in total. The van der Waals surface area contributed by atoms with E-state index in [1.165, 1.54) is 19.3 Å². The number of sulfonamides is 1. The lowest BCUT2D eigenvalue weighted by Gasteiger charge is -2.25. The molecular weight excluding hydrogens is 396 g/mol. The number of rotatable bonds is 6. The van der Waals surface area contributed by atoms with Crippen molar-refractivity contribution in [2.45, 2.75) is 82.1 Å². The molecule has 167 valence electrons. The zero-order chi connectivity index (χ0) is 20.0. The number of nitrogens with one attached hydrogen (secondary N) is 1. The highest BCUT2D eigenvalue weighted by molar-refractivity contribution is 7.89. The number of hydrogen-bond acceptors (Lipinski definition) is 3. The van der Waals surface area contributed by atoms with Crippen LogP contribution in [0.2, 0.25) is 0 Å². The van der Waals surface area contributed by atoms with E-state index in [0.29, 0.717) is 24.4 Å². The van der Waals surface area contributed by atoms with Gasteiger partial charge in [0.1, 0.15) is 0 Å². The van der Waals surface area contributed by atoms with Crippen molar-refractivity contribution in [1.29, 1.82) is 0 Å². The van der Waals surface area contributed by atoms with Crippen molar-refractivity contribution in [3.05, 3.63) is 50.6 Å². The molecule has 30 heavy (non-hydrogen) atoms. The van der Waals surface area contributed by atoms with E-state index in [2.05, 4.69) is 5.32 Å². The monoisotopic (exact) mass is 433 g/mol. The van der Waals surface area contributed by atoms with Gasteiger partial charge in [-0.2, -0.15) is 4.31 Å². The van der Waals surface area contributed by atoms with Crippen LogP contribution in [0.3, 0.4) is 0 Å². The zero-order valence-electron chi connectivity index (χ0n) is 18.4. The van der Waals surface area contributed by atoms with Gasteiger partial charge in [-0.15, -0.1) is 0 Å². The van der Waals surface area contributed by atoms with Crippen LogP contribution >= 0.6 is 0 Å². The molecule has 1 unspecified atom stereocenters. The van der Waals surface area contributed by atoms with Gasteiger partial charge in [0.05, 0.1) is 10.8 Å². The summed E-state index contributed by atoms with van der Waals surface area (Å²) in [5.41, 5.74) is 0.945. The van der Waals surface area contributed by atoms with Crippen LogP contribution in [-0.4, -0.2) is 37.8 Å². The molecule has 1 atom stereocenters. The van der Waals surface area contributed by atoms with E-state index in [1.807, 2.05) is 13.0 Å². The minimum absolute atomic E-state index is 0. The van der Waals surface area contributed by atoms with Crippen LogP contribution in [0, 0.1) is 27.7 Å². The van der Waals surface area contributed by atoms with Gasteiger partial charge in [-0.3, -0.25) is 4.79 Å². The second-order valence-electron chi connectivity index (χ2n) is 8.14. The third-order valence-corrected chi connectivity index (χ3v) is 7.91. The van der Waals surface area contributed by atoms with E-state index >= 15 is 0 Å². The van der Waals surface area contributed by atoms with Gasteiger partial charge in [-0.25, -0.2) is 8.42 Å². The molecule has 1 aliphatic carbocycles. The van der Waals surface area contributed by atoms with Gasteiger partial charge < -0.3 is 5.32 Å². The lowest BCUT2D eigenvalue weighted by Crippen LogP contribution is -2.39. The molecule has 1 aromatic carbocycles. The van der Waals surface area contributed by atoms with Gasteiger partial charge in [0.25, 0.3) is 0 Å². The number of carbonyl (C=O) groups excluding carboxylic acids is 1. The largest absolute Gasteiger partial charge is 0.356 e. The summed E-state index contributed by atoms with van der Waals surface area (Å²) >= 11 is 0. The van der Waals surface area contributed by atoms with Crippen molar-refractivity contribution in [1.82, 2.24) is 9.62 Å². The topological polar surface area (TPSA) is 66.5 Å².